The monoisotopic (exact) mass is 536 g/mol. The van der Waals surface area contributed by atoms with Crippen LogP contribution in [-0.4, -0.2) is 24.4 Å². The van der Waals surface area contributed by atoms with Crippen LogP contribution in [0.1, 0.15) is 101 Å². The van der Waals surface area contributed by atoms with Gasteiger partial charge >= 0.3 is 0 Å². The number of ether oxygens (including phenoxy) is 2. The second kappa shape index (κ2) is 13.2. The lowest BCUT2D eigenvalue weighted by Crippen LogP contribution is -2.25. The molecule has 2 fully saturated rings. The third-order valence-corrected chi connectivity index (χ3v) is 8.55. The lowest BCUT2D eigenvalue weighted by molar-refractivity contribution is 0.0727. The first-order valence-corrected chi connectivity index (χ1v) is 14.2. The zero-order chi connectivity index (χ0) is 27.2. The van der Waals surface area contributed by atoms with Crippen molar-refractivity contribution in [3.63, 3.8) is 0 Å². The van der Waals surface area contributed by atoms with E-state index in [2.05, 4.69) is 6.92 Å². The van der Waals surface area contributed by atoms with Gasteiger partial charge in [0.05, 0.1) is 19.3 Å². The normalized spacial score (nSPS) is 24.7. The molecule has 0 aliphatic heterocycles. The quantitative estimate of drug-likeness (QED) is 0.310. The molecule has 2 aliphatic carbocycles. The SMILES string of the molecule is CCCC(O)C1CCC(c2ccc(C3CCC(COc4ccc(OCC)c(F)c4F)CC3)c(F)c2F)CC1. The molecule has 7 heteroatoms. The maximum absolute atomic E-state index is 15.2. The third kappa shape index (κ3) is 6.47. The van der Waals surface area contributed by atoms with Gasteiger partial charge in [0, 0.05) is 0 Å². The van der Waals surface area contributed by atoms with Gasteiger partial charge in [-0.15, -0.1) is 0 Å². The van der Waals surface area contributed by atoms with Gasteiger partial charge in [0.1, 0.15) is 0 Å². The van der Waals surface area contributed by atoms with Crippen LogP contribution in [0.4, 0.5) is 17.6 Å². The molecule has 1 unspecified atom stereocenters. The van der Waals surface area contributed by atoms with E-state index in [1.54, 1.807) is 19.1 Å². The average molecular weight is 537 g/mol. The van der Waals surface area contributed by atoms with Crippen LogP contribution in [0.25, 0.3) is 0 Å². The van der Waals surface area contributed by atoms with Crippen molar-refractivity contribution >= 4 is 0 Å². The summed E-state index contributed by atoms with van der Waals surface area (Å²) >= 11 is 0. The van der Waals surface area contributed by atoms with E-state index in [1.807, 2.05) is 0 Å². The van der Waals surface area contributed by atoms with Crippen molar-refractivity contribution in [3.8, 4) is 11.5 Å². The fraction of sp³-hybridized carbons (Fsp3) is 0.613. The molecule has 0 heterocycles. The minimum Gasteiger partial charge on any atom is -0.491 e. The first kappa shape index (κ1) is 28.7. The molecule has 1 N–H and O–H groups in total. The highest BCUT2D eigenvalue weighted by Crippen LogP contribution is 2.42. The number of hydrogen-bond acceptors (Lipinski definition) is 3. The van der Waals surface area contributed by atoms with Gasteiger partial charge in [-0.2, -0.15) is 8.78 Å². The molecule has 0 bridgehead atoms. The Kier molecular flexibility index (Phi) is 9.97. The largest absolute Gasteiger partial charge is 0.491 e. The van der Waals surface area contributed by atoms with E-state index < -0.39 is 23.3 Å². The van der Waals surface area contributed by atoms with Crippen molar-refractivity contribution in [2.75, 3.05) is 13.2 Å². The predicted molar refractivity (Wildman–Crippen MR) is 140 cm³/mol. The molecule has 0 radical (unpaired) electrons. The maximum Gasteiger partial charge on any atom is 0.204 e. The molecule has 0 spiro atoms. The van der Waals surface area contributed by atoms with Crippen molar-refractivity contribution in [1.82, 2.24) is 0 Å². The Bertz CT molecular complexity index is 1060. The molecule has 2 aromatic carbocycles. The molecule has 2 aromatic rings. The van der Waals surface area contributed by atoms with Crippen LogP contribution < -0.4 is 9.47 Å². The number of hydrogen-bond donors (Lipinski definition) is 1. The minimum absolute atomic E-state index is 0.00987. The molecule has 0 amide bonds. The molecule has 4 rings (SSSR count). The summed E-state index contributed by atoms with van der Waals surface area (Å²) in [7, 11) is 0. The summed E-state index contributed by atoms with van der Waals surface area (Å²) in [5.74, 6) is -3.57. The van der Waals surface area contributed by atoms with Gasteiger partial charge in [0.2, 0.25) is 11.6 Å². The summed E-state index contributed by atoms with van der Waals surface area (Å²) in [6.07, 6.45) is 7.49. The minimum atomic E-state index is -1.06. The Morgan fingerprint density at radius 2 is 1.21 bits per heavy atom. The van der Waals surface area contributed by atoms with E-state index in [0.717, 1.165) is 51.4 Å². The molecule has 1 atom stereocenters. The van der Waals surface area contributed by atoms with E-state index in [4.69, 9.17) is 9.47 Å². The number of aliphatic hydroxyl groups is 1. The number of benzene rings is 2. The second-order valence-electron chi connectivity index (χ2n) is 11.0. The van der Waals surface area contributed by atoms with E-state index in [0.29, 0.717) is 24.0 Å². The van der Waals surface area contributed by atoms with E-state index in [1.165, 1.54) is 12.1 Å². The smallest absolute Gasteiger partial charge is 0.204 e. The van der Waals surface area contributed by atoms with Crippen molar-refractivity contribution in [1.29, 1.82) is 0 Å². The highest BCUT2D eigenvalue weighted by atomic mass is 19.2. The fourth-order valence-electron chi connectivity index (χ4n) is 6.30. The summed E-state index contributed by atoms with van der Waals surface area (Å²) in [6, 6.07) is 6.25. The predicted octanol–water partition coefficient (Wildman–Crippen LogP) is 8.43. The number of halogens is 4. The lowest BCUT2D eigenvalue weighted by atomic mass is 9.75. The summed E-state index contributed by atoms with van der Waals surface area (Å²) < 4.78 is 69.4. The van der Waals surface area contributed by atoms with Gasteiger partial charge in [0.15, 0.2) is 23.1 Å². The Morgan fingerprint density at radius 3 is 1.71 bits per heavy atom. The molecule has 0 saturated heterocycles. The summed E-state index contributed by atoms with van der Waals surface area (Å²) in [6.45, 7) is 4.22. The highest BCUT2D eigenvalue weighted by Gasteiger charge is 2.31. The van der Waals surface area contributed by atoms with Gasteiger partial charge in [-0.3, -0.25) is 0 Å². The van der Waals surface area contributed by atoms with E-state index >= 15 is 8.78 Å². The Labute approximate surface area is 223 Å². The molecule has 210 valence electrons. The second-order valence-corrected chi connectivity index (χ2v) is 11.0. The molecule has 2 aliphatic rings. The van der Waals surface area contributed by atoms with Crippen LogP contribution in [0.2, 0.25) is 0 Å². The van der Waals surface area contributed by atoms with Crippen molar-refractivity contribution in [2.45, 2.75) is 96.0 Å². The van der Waals surface area contributed by atoms with Crippen molar-refractivity contribution < 1.29 is 32.1 Å². The number of rotatable bonds is 10. The van der Waals surface area contributed by atoms with Gasteiger partial charge in [-0.05, 0) is 112 Å². The van der Waals surface area contributed by atoms with E-state index in [-0.39, 0.29) is 54.5 Å². The van der Waals surface area contributed by atoms with Crippen LogP contribution in [0.15, 0.2) is 24.3 Å². The average Bonchev–Trinajstić information content (AvgIpc) is 2.93. The van der Waals surface area contributed by atoms with Gasteiger partial charge in [-0.25, -0.2) is 8.78 Å². The Hall–Kier alpha value is -2.28. The molecule has 38 heavy (non-hydrogen) atoms. The van der Waals surface area contributed by atoms with Crippen molar-refractivity contribution in [2.24, 2.45) is 11.8 Å². The third-order valence-electron chi connectivity index (χ3n) is 8.55. The van der Waals surface area contributed by atoms with Crippen LogP contribution in [-0.2, 0) is 0 Å². The van der Waals surface area contributed by atoms with E-state index in [9.17, 15) is 13.9 Å². The Balaban J connectivity index is 1.31. The first-order valence-electron chi connectivity index (χ1n) is 14.2. The maximum atomic E-state index is 15.2. The molecule has 2 saturated carbocycles. The summed E-state index contributed by atoms with van der Waals surface area (Å²) in [5.41, 5.74) is 0.888. The van der Waals surface area contributed by atoms with Crippen molar-refractivity contribution in [3.05, 3.63) is 58.7 Å². The van der Waals surface area contributed by atoms with Crippen LogP contribution in [0, 0.1) is 35.1 Å². The topological polar surface area (TPSA) is 38.7 Å². The highest BCUT2D eigenvalue weighted by molar-refractivity contribution is 5.35. The molecule has 0 aromatic heterocycles. The van der Waals surface area contributed by atoms with Gasteiger partial charge in [0.25, 0.3) is 0 Å². The molecular formula is C31H40F4O3. The zero-order valence-corrected chi connectivity index (χ0v) is 22.5. The van der Waals surface area contributed by atoms with Gasteiger partial charge < -0.3 is 14.6 Å². The summed E-state index contributed by atoms with van der Waals surface area (Å²) in [5, 5.41) is 10.3. The Morgan fingerprint density at radius 1 is 0.711 bits per heavy atom. The fourth-order valence-corrected chi connectivity index (χ4v) is 6.30. The van der Waals surface area contributed by atoms with Gasteiger partial charge in [-0.1, -0.05) is 25.5 Å². The summed E-state index contributed by atoms with van der Waals surface area (Å²) in [4.78, 5) is 0. The number of aliphatic hydroxyl groups excluding tert-OH is 1. The van der Waals surface area contributed by atoms with Crippen LogP contribution in [0.3, 0.4) is 0 Å². The molecular weight excluding hydrogens is 496 g/mol. The lowest BCUT2D eigenvalue weighted by Gasteiger charge is -2.32. The van der Waals surface area contributed by atoms with Crippen LogP contribution in [0.5, 0.6) is 11.5 Å². The zero-order valence-electron chi connectivity index (χ0n) is 22.5. The standard InChI is InChI=1S/C31H40F4O3/c1-3-5-25(36)22-12-10-21(11-13-22)24-15-14-23(28(32)29(24)33)20-8-6-19(7-9-20)18-38-27-17-16-26(37-4-2)30(34)31(27)35/h14-17,19-22,25,36H,3-13,18H2,1-2H3. The molecule has 3 nitrogen and oxygen atoms in total. The van der Waals surface area contributed by atoms with Crippen LogP contribution >= 0.6 is 0 Å². The first-order chi connectivity index (χ1) is 18.3.